The quantitative estimate of drug-likeness (QED) is 0.663. The zero-order chi connectivity index (χ0) is 11.4. The highest BCUT2D eigenvalue weighted by Crippen LogP contribution is 2.15. The molecular formula is C13H14N2O. The van der Waals surface area contributed by atoms with Gasteiger partial charge in [-0.25, -0.2) is 4.79 Å². The lowest BCUT2D eigenvalue weighted by Crippen LogP contribution is -2.26. The molecule has 2 amide bonds. The summed E-state index contributed by atoms with van der Waals surface area (Å²) < 4.78 is 0. The van der Waals surface area contributed by atoms with Crippen molar-refractivity contribution < 1.29 is 4.79 Å². The summed E-state index contributed by atoms with van der Waals surface area (Å²) >= 11 is 0. The lowest BCUT2D eigenvalue weighted by atomic mass is 10.2. The molecule has 0 saturated carbocycles. The van der Waals surface area contributed by atoms with E-state index in [0.29, 0.717) is 0 Å². The molecule has 0 unspecified atom stereocenters. The normalized spacial score (nSPS) is 19.3. The van der Waals surface area contributed by atoms with Gasteiger partial charge >= 0.3 is 6.03 Å². The van der Waals surface area contributed by atoms with E-state index in [-0.39, 0.29) is 6.03 Å². The molecule has 2 aliphatic rings. The van der Waals surface area contributed by atoms with E-state index >= 15 is 0 Å². The van der Waals surface area contributed by atoms with E-state index in [1.165, 1.54) is 0 Å². The standard InChI is InChI=1S/C13H14N2O/c1-2-4-11-5-3-6-12(8-7-11)15-10-9-14-13(15)16/h5-8H,3,9-10H2,1H3,(H,14,16). The zero-order valence-electron chi connectivity index (χ0n) is 9.29. The van der Waals surface area contributed by atoms with Crippen molar-refractivity contribution in [2.45, 2.75) is 13.3 Å². The van der Waals surface area contributed by atoms with Crippen molar-refractivity contribution in [3.05, 3.63) is 35.6 Å². The molecule has 1 saturated heterocycles. The van der Waals surface area contributed by atoms with Crippen LogP contribution in [0, 0.1) is 11.8 Å². The van der Waals surface area contributed by atoms with Crippen LogP contribution in [0.2, 0.25) is 0 Å². The largest absolute Gasteiger partial charge is 0.336 e. The Morgan fingerprint density at radius 1 is 1.38 bits per heavy atom. The van der Waals surface area contributed by atoms with Gasteiger partial charge in [0.2, 0.25) is 0 Å². The Kier molecular flexibility index (Phi) is 3.11. The van der Waals surface area contributed by atoms with Crippen LogP contribution in [0.15, 0.2) is 35.6 Å². The zero-order valence-corrected chi connectivity index (χ0v) is 9.29. The van der Waals surface area contributed by atoms with Crippen LogP contribution >= 0.6 is 0 Å². The molecule has 1 aliphatic carbocycles. The number of amides is 2. The summed E-state index contributed by atoms with van der Waals surface area (Å²) in [7, 11) is 0. The van der Waals surface area contributed by atoms with E-state index in [0.717, 1.165) is 30.8 Å². The van der Waals surface area contributed by atoms with Crippen molar-refractivity contribution in [1.29, 1.82) is 0 Å². The minimum absolute atomic E-state index is 0.0130. The average molecular weight is 214 g/mol. The summed E-state index contributed by atoms with van der Waals surface area (Å²) in [5, 5.41) is 2.79. The van der Waals surface area contributed by atoms with Crippen LogP contribution in [0.1, 0.15) is 13.3 Å². The summed E-state index contributed by atoms with van der Waals surface area (Å²) in [6, 6.07) is -0.0130. The number of hydrogen-bond donors (Lipinski definition) is 1. The molecule has 3 nitrogen and oxygen atoms in total. The third kappa shape index (κ3) is 2.17. The van der Waals surface area contributed by atoms with Crippen LogP contribution in [-0.2, 0) is 0 Å². The predicted octanol–water partition coefficient (Wildman–Crippen LogP) is 1.81. The van der Waals surface area contributed by atoms with Gasteiger partial charge in [0, 0.05) is 24.4 Å². The molecule has 1 fully saturated rings. The first-order valence-electron chi connectivity index (χ1n) is 5.38. The molecule has 1 N–H and O–H groups in total. The number of allylic oxidation sites excluding steroid dienone is 5. The molecule has 0 aromatic heterocycles. The highest BCUT2D eigenvalue weighted by Gasteiger charge is 2.21. The van der Waals surface area contributed by atoms with E-state index in [9.17, 15) is 4.79 Å². The molecule has 1 aliphatic heterocycles. The van der Waals surface area contributed by atoms with Gasteiger partial charge in [-0.1, -0.05) is 18.1 Å². The van der Waals surface area contributed by atoms with Crippen molar-refractivity contribution in [1.82, 2.24) is 10.2 Å². The molecule has 0 bridgehead atoms. The summed E-state index contributed by atoms with van der Waals surface area (Å²) in [6.45, 7) is 3.28. The lowest BCUT2D eigenvalue weighted by molar-refractivity contribution is 0.228. The van der Waals surface area contributed by atoms with Crippen molar-refractivity contribution in [2.24, 2.45) is 0 Å². The van der Waals surface area contributed by atoms with Crippen molar-refractivity contribution in [3.63, 3.8) is 0 Å². The molecule has 0 aromatic rings. The van der Waals surface area contributed by atoms with Crippen molar-refractivity contribution in [2.75, 3.05) is 13.1 Å². The van der Waals surface area contributed by atoms with Crippen molar-refractivity contribution >= 4 is 6.03 Å². The van der Waals surface area contributed by atoms with Gasteiger partial charge in [0.25, 0.3) is 0 Å². The minimum Gasteiger partial charge on any atom is -0.336 e. The topological polar surface area (TPSA) is 32.3 Å². The van der Waals surface area contributed by atoms with Crippen LogP contribution in [0.5, 0.6) is 0 Å². The molecule has 0 radical (unpaired) electrons. The van der Waals surface area contributed by atoms with Crippen LogP contribution < -0.4 is 5.32 Å². The Morgan fingerprint density at radius 3 is 2.94 bits per heavy atom. The van der Waals surface area contributed by atoms with E-state index in [1.54, 1.807) is 4.90 Å². The number of carbonyl (C=O) groups is 1. The second-order valence-corrected chi connectivity index (χ2v) is 3.62. The molecule has 3 heteroatoms. The van der Waals surface area contributed by atoms with E-state index in [1.807, 2.05) is 25.2 Å². The van der Waals surface area contributed by atoms with E-state index in [2.05, 4.69) is 23.2 Å². The fourth-order valence-electron chi connectivity index (χ4n) is 1.77. The number of rotatable bonds is 1. The van der Waals surface area contributed by atoms with Gasteiger partial charge in [0.15, 0.2) is 0 Å². The molecule has 16 heavy (non-hydrogen) atoms. The fraction of sp³-hybridized carbons (Fsp3) is 0.308. The monoisotopic (exact) mass is 214 g/mol. The Bertz CT molecular complexity index is 446. The SMILES string of the molecule is CC#CC1=CCC=C(N2CCNC2=O)C=C1. The molecule has 82 valence electrons. The van der Waals surface area contributed by atoms with Crippen LogP contribution in [0.25, 0.3) is 0 Å². The molecule has 0 spiro atoms. The Morgan fingerprint density at radius 2 is 2.25 bits per heavy atom. The summed E-state index contributed by atoms with van der Waals surface area (Å²) in [5.41, 5.74) is 1.97. The highest BCUT2D eigenvalue weighted by molar-refractivity contribution is 5.78. The van der Waals surface area contributed by atoms with Crippen LogP contribution in [-0.4, -0.2) is 24.0 Å². The minimum atomic E-state index is -0.0130. The first-order valence-corrected chi connectivity index (χ1v) is 5.38. The molecule has 1 heterocycles. The number of nitrogens with zero attached hydrogens (tertiary/aromatic N) is 1. The van der Waals surface area contributed by atoms with Gasteiger partial charge in [-0.3, -0.25) is 4.90 Å². The van der Waals surface area contributed by atoms with Gasteiger partial charge in [0.05, 0.1) is 0 Å². The average Bonchev–Trinajstić information content (AvgIpc) is 2.57. The van der Waals surface area contributed by atoms with Gasteiger partial charge in [-0.2, -0.15) is 0 Å². The number of hydrogen-bond acceptors (Lipinski definition) is 1. The third-order valence-electron chi connectivity index (χ3n) is 2.54. The maximum Gasteiger partial charge on any atom is 0.321 e. The van der Waals surface area contributed by atoms with E-state index < -0.39 is 0 Å². The summed E-state index contributed by atoms with van der Waals surface area (Å²) in [5.74, 6) is 5.89. The second kappa shape index (κ2) is 4.71. The molecule has 0 atom stereocenters. The molecular weight excluding hydrogens is 200 g/mol. The fourth-order valence-corrected chi connectivity index (χ4v) is 1.77. The summed E-state index contributed by atoms with van der Waals surface area (Å²) in [6.07, 6.45) is 8.84. The Balaban J connectivity index is 2.14. The third-order valence-corrected chi connectivity index (χ3v) is 2.54. The number of nitrogens with one attached hydrogen (secondary N) is 1. The predicted molar refractivity (Wildman–Crippen MR) is 63.5 cm³/mol. The first kappa shape index (κ1) is 10.6. The van der Waals surface area contributed by atoms with E-state index in [4.69, 9.17) is 0 Å². The number of urea groups is 1. The molecule has 0 aromatic carbocycles. The Labute approximate surface area is 95.5 Å². The molecule has 2 rings (SSSR count). The van der Waals surface area contributed by atoms with Gasteiger partial charge in [0.1, 0.15) is 0 Å². The first-order chi connectivity index (χ1) is 7.81. The Hall–Kier alpha value is -1.95. The van der Waals surface area contributed by atoms with Gasteiger partial charge < -0.3 is 5.32 Å². The maximum atomic E-state index is 11.5. The lowest BCUT2D eigenvalue weighted by Gasteiger charge is -2.14. The number of carbonyl (C=O) groups excluding carboxylic acids is 1. The maximum absolute atomic E-state index is 11.5. The van der Waals surface area contributed by atoms with Gasteiger partial charge in [-0.15, -0.1) is 5.92 Å². The van der Waals surface area contributed by atoms with Crippen LogP contribution in [0.3, 0.4) is 0 Å². The highest BCUT2D eigenvalue weighted by atomic mass is 16.2. The summed E-state index contributed by atoms with van der Waals surface area (Å²) in [4.78, 5) is 13.2. The second-order valence-electron chi connectivity index (χ2n) is 3.62. The van der Waals surface area contributed by atoms with Gasteiger partial charge in [-0.05, 0) is 25.5 Å². The smallest absolute Gasteiger partial charge is 0.321 e. The van der Waals surface area contributed by atoms with Crippen LogP contribution in [0.4, 0.5) is 4.79 Å². The van der Waals surface area contributed by atoms with Crippen molar-refractivity contribution in [3.8, 4) is 11.8 Å².